The van der Waals surface area contributed by atoms with Crippen LogP contribution in [0.15, 0.2) is 24.3 Å². The maximum Gasteiger partial charge on any atom is 0.128 e. The van der Waals surface area contributed by atoms with Crippen LogP contribution in [0.5, 0.6) is 5.75 Å². The molecule has 0 aliphatic rings. The minimum Gasteiger partial charge on any atom is -0.493 e. The van der Waals surface area contributed by atoms with E-state index in [1.807, 2.05) is 24.3 Å². The largest absolute Gasteiger partial charge is 0.493 e. The van der Waals surface area contributed by atoms with Gasteiger partial charge in [0.05, 0.1) is 6.61 Å². The lowest BCUT2D eigenvalue weighted by atomic mass is 10.2. The zero-order valence-corrected chi connectivity index (χ0v) is 7.21. The first kappa shape index (κ1) is 8.78. The first-order chi connectivity index (χ1) is 5.88. The van der Waals surface area contributed by atoms with E-state index >= 15 is 0 Å². The van der Waals surface area contributed by atoms with Crippen LogP contribution in [0.4, 0.5) is 0 Å². The van der Waals surface area contributed by atoms with Gasteiger partial charge in [0.2, 0.25) is 0 Å². The van der Waals surface area contributed by atoms with E-state index in [0.29, 0.717) is 6.61 Å². The summed E-state index contributed by atoms with van der Waals surface area (Å²) >= 11 is 0. The van der Waals surface area contributed by atoms with Gasteiger partial charge in [-0.05, 0) is 18.6 Å². The third kappa shape index (κ3) is 2.09. The molecule has 0 saturated carbocycles. The number of hydrogen-bond acceptors (Lipinski definition) is 2. The zero-order chi connectivity index (χ0) is 8.81. The van der Waals surface area contributed by atoms with Gasteiger partial charge in [-0.2, -0.15) is 0 Å². The van der Waals surface area contributed by atoms with Crippen molar-refractivity contribution < 1.29 is 4.74 Å². The molecule has 0 heterocycles. The third-order valence-corrected chi connectivity index (χ3v) is 1.54. The van der Waals surface area contributed by atoms with Gasteiger partial charge >= 0.3 is 0 Å². The first-order valence-corrected chi connectivity index (χ1v) is 4.10. The molecule has 1 aromatic rings. The van der Waals surface area contributed by atoms with Crippen LogP contribution in [-0.2, 0) is 0 Å². The Morgan fingerprint density at radius 1 is 1.42 bits per heavy atom. The van der Waals surface area contributed by atoms with E-state index in [4.69, 9.17) is 10.1 Å². The Hall–Kier alpha value is -1.31. The Morgan fingerprint density at radius 2 is 2.17 bits per heavy atom. The molecule has 0 aromatic heterocycles. The monoisotopic (exact) mass is 163 g/mol. The molecule has 2 heteroatoms. The minimum absolute atomic E-state index is 0.713. The number of ether oxygens (including phenoxy) is 1. The van der Waals surface area contributed by atoms with Gasteiger partial charge in [-0.3, -0.25) is 0 Å². The fraction of sp³-hybridized carbons (Fsp3) is 0.300. The van der Waals surface area contributed by atoms with Crippen molar-refractivity contribution >= 4 is 6.21 Å². The van der Waals surface area contributed by atoms with Gasteiger partial charge in [-0.1, -0.05) is 19.1 Å². The highest BCUT2D eigenvalue weighted by Crippen LogP contribution is 2.15. The number of benzene rings is 1. The van der Waals surface area contributed by atoms with E-state index in [1.165, 1.54) is 6.21 Å². The van der Waals surface area contributed by atoms with Gasteiger partial charge in [-0.15, -0.1) is 0 Å². The summed E-state index contributed by atoms with van der Waals surface area (Å²) in [7, 11) is 0. The lowest BCUT2D eigenvalue weighted by Crippen LogP contribution is -1.97. The number of rotatable bonds is 4. The molecule has 64 valence electrons. The maximum absolute atomic E-state index is 7.12. The van der Waals surface area contributed by atoms with Crippen LogP contribution in [0, 0.1) is 5.41 Å². The van der Waals surface area contributed by atoms with Crippen molar-refractivity contribution in [2.24, 2.45) is 0 Å². The van der Waals surface area contributed by atoms with Crippen LogP contribution >= 0.6 is 0 Å². The normalized spacial score (nSPS) is 9.42. The molecule has 2 nitrogen and oxygen atoms in total. The number of nitrogens with one attached hydrogen (secondary N) is 1. The van der Waals surface area contributed by atoms with Crippen LogP contribution in [0.1, 0.15) is 18.9 Å². The van der Waals surface area contributed by atoms with Gasteiger partial charge in [0, 0.05) is 11.8 Å². The van der Waals surface area contributed by atoms with E-state index in [2.05, 4.69) is 6.92 Å². The average Bonchev–Trinajstić information content (AvgIpc) is 2.15. The van der Waals surface area contributed by atoms with Gasteiger partial charge < -0.3 is 10.1 Å². The highest BCUT2D eigenvalue weighted by molar-refractivity contribution is 5.80. The smallest absolute Gasteiger partial charge is 0.128 e. The molecule has 0 bridgehead atoms. The second-order valence-corrected chi connectivity index (χ2v) is 2.53. The summed E-state index contributed by atoms with van der Waals surface area (Å²) in [5.74, 6) is 0.800. The Kier molecular flexibility index (Phi) is 3.33. The average molecular weight is 163 g/mol. The molecule has 0 radical (unpaired) electrons. The van der Waals surface area contributed by atoms with Crippen LogP contribution in [0.25, 0.3) is 0 Å². The van der Waals surface area contributed by atoms with Crippen molar-refractivity contribution in [2.75, 3.05) is 6.61 Å². The van der Waals surface area contributed by atoms with E-state index in [0.717, 1.165) is 17.7 Å². The molecular weight excluding hydrogens is 150 g/mol. The maximum atomic E-state index is 7.12. The number of hydrogen-bond donors (Lipinski definition) is 1. The Bertz CT molecular complexity index is 258. The fourth-order valence-electron chi connectivity index (χ4n) is 0.943. The van der Waals surface area contributed by atoms with E-state index in [9.17, 15) is 0 Å². The molecule has 0 unspecified atom stereocenters. The molecule has 0 spiro atoms. The quantitative estimate of drug-likeness (QED) is 0.679. The van der Waals surface area contributed by atoms with E-state index < -0.39 is 0 Å². The molecule has 0 fully saturated rings. The molecule has 0 amide bonds. The highest BCUT2D eigenvalue weighted by Gasteiger charge is 1.97. The van der Waals surface area contributed by atoms with Crippen molar-refractivity contribution in [1.82, 2.24) is 0 Å². The molecule has 1 aromatic carbocycles. The van der Waals surface area contributed by atoms with Crippen molar-refractivity contribution in [3.8, 4) is 5.75 Å². The predicted octanol–water partition coefficient (Wildman–Crippen LogP) is 2.47. The standard InChI is InChI=1S/C10H13NO/c1-2-7-12-10-6-4-3-5-9(10)8-11/h3-6,8,11H,2,7H2,1H3. The fourth-order valence-corrected chi connectivity index (χ4v) is 0.943. The topological polar surface area (TPSA) is 33.1 Å². The number of para-hydroxylation sites is 1. The van der Waals surface area contributed by atoms with Crippen LogP contribution in [-0.4, -0.2) is 12.8 Å². The van der Waals surface area contributed by atoms with Crippen molar-refractivity contribution in [3.05, 3.63) is 29.8 Å². The Labute approximate surface area is 72.7 Å². The van der Waals surface area contributed by atoms with Crippen LogP contribution in [0.3, 0.4) is 0 Å². The van der Waals surface area contributed by atoms with E-state index in [1.54, 1.807) is 0 Å². The van der Waals surface area contributed by atoms with Crippen molar-refractivity contribution in [2.45, 2.75) is 13.3 Å². The molecule has 0 saturated heterocycles. The summed E-state index contributed by atoms with van der Waals surface area (Å²) in [6.07, 6.45) is 2.30. The minimum atomic E-state index is 0.713. The van der Waals surface area contributed by atoms with Crippen molar-refractivity contribution in [3.63, 3.8) is 0 Å². The molecule has 0 aliphatic heterocycles. The van der Waals surface area contributed by atoms with Gasteiger partial charge in [0.1, 0.15) is 5.75 Å². The lowest BCUT2D eigenvalue weighted by Gasteiger charge is -2.06. The lowest BCUT2D eigenvalue weighted by molar-refractivity contribution is 0.317. The van der Waals surface area contributed by atoms with Gasteiger partial charge in [0.15, 0.2) is 0 Å². The van der Waals surface area contributed by atoms with Crippen molar-refractivity contribution in [1.29, 1.82) is 5.41 Å². The van der Waals surface area contributed by atoms with Crippen LogP contribution in [0.2, 0.25) is 0 Å². The third-order valence-electron chi connectivity index (χ3n) is 1.54. The summed E-state index contributed by atoms with van der Waals surface area (Å²) < 4.78 is 5.43. The molecule has 0 aliphatic carbocycles. The first-order valence-electron chi connectivity index (χ1n) is 4.10. The van der Waals surface area contributed by atoms with E-state index in [-0.39, 0.29) is 0 Å². The highest BCUT2D eigenvalue weighted by atomic mass is 16.5. The second kappa shape index (κ2) is 4.54. The van der Waals surface area contributed by atoms with Gasteiger partial charge in [-0.25, -0.2) is 0 Å². The Balaban J connectivity index is 2.75. The summed E-state index contributed by atoms with van der Waals surface area (Å²) in [6.45, 7) is 2.78. The SMILES string of the molecule is CCCOc1ccccc1C=N. The zero-order valence-electron chi connectivity index (χ0n) is 7.21. The summed E-state index contributed by atoms with van der Waals surface area (Å²) in [4.78, 5) is 0. The summed E-state index contributed by atoms with van der Waals surface area (Å²) in [5.41, 5.74) is 0.839. The second-order valence-electron chi connectivity index (χ2n) is 2.53. The molecule has 1 N–H and O–H groups in total. The molecule has 0 atom stereocenters. The summed E-state index contributed by atoms with van der Waals surface area (Å²) in [5, 5.41) is 7.12. The Morgan fingerprint density at radius 3 is 2.83 bits per heavy atom. The van der Waals surface area contributed by atoms with Gasteiger partial charge in [0.25, 0.3) is 0 Å². The summed E-state index contributed by atoms with van der Waals surface area (Å²) in [6, 6.07) is 7.57. The molecule has 12 heavy (non-hydrogen) atoms. The van der Waals surface area contributed by atoms with Crippen LogP contribution < -0.4 is 4.74 Å². The molecule has 1 rings (SSSR count). The molecular formula is C10H13NO. The predicted molar refractivity (Wildman–Crippen MR) is 50.1 cm³/mol.